The molecule has 0 bridgehead atoms. The number of fused-ring (bicyclic) bond motifs is 1. The molecule has 0 fully saturated rings. The molecule has 0 saturated heterocycles. The van der Waals surface area contributed by atoms with Crippen molar-refractivity contribution in [2.45, 2.75) is 19.4 Å². The topological polar surface area (TPSA) is 98.1 Å². The number of thiophene rings is 1. The standard InChI is InChI=1S/C17H19N5O3S/c1-10-12-7-11(9-18-16(12)22(2)21-10)19-17(24)20-13(8-15(23)25-3)14-5-4-6-26-14/h4-7,9,13H,8H2,1-3H3,(H2,19,20,24)/t13-/m0/s1. The summed E-state index contributed by atoms with van der Waals surface area (Å²) < 4.78 is 6.41. The van der Waals surface area contributed by atoms with Gasteiger partial charge in [-0.05, 0) is 24.4 Å². The van der Waals surface area contributed by atoms with E-state index in [9.17, 15) is 9.59 Å². The number of esters is 1. The average molecular weight is 373 g/mol. The Morgan fingerprint density at radius 1 is 1.42 bits per heavy atom. The molecular formula is C17H19N5O3S. The predicted octanol–water partition coefficient (Wildman–Crippen LogP) is 2.76. The van der Waals surface area contributed by atoms with Gasteiger partial charge in [0.05, 0.1) is 37.2 Å². The second-order valence-corrected chi connectivity index (χ2v) is 6.73. The van der Waals surface area contributed by atoms with Gasteiger partial charge in [0, 0.05) is 17.3 Å². The number of ether oxygens (including phenoxy) is 1. The number of anilines is 1. The number of methoxy groups -OCH3 is 1. The van der Waals surface area contributed by atoms with E-state index in [1.54, 1.807) is 10.9 Å². The van der Waals surface area contributed by atoms with E-state index in [0.717, 1.165) is 21.6 Å². The molecule has 2 N–H and O–H groups in total. The molecule has 136 valence electrons. The summed E-state index contributed by atoms with van der Waals surface area (Å²) in [6, 6.07) is 4.68. The van der Waals surface area contributed by atoms with Gasteiger partial charge in [0.15, 0.2) is 5.65 Å². The molecule has 0 unspecified atom stereocenters. The van der Waals surface area contributed by atoms with Crippen LogP contribution in [0.1, 0.15) is 23.0 Å². The summed E-state index contributed by atoms with van der Waals surface area (Å²) in [5, 5.41) is 12.6. The van der Waals surface area contributed by atoms with Crippen molar-refractivity contribution in [1.82, 2.24) is 20.1 Å². The van der Waals surface area contributed by atoms with E-state index in [1.807, 2.05) is 37.6 Å². The molecule has 26 heavy (non-hydrogen) atoms. The molecular weight excluding hydrogens is 354 g/mol. The summed E-state index contributed by atoms with van der Waals surface area (Å²) in [5.41, 5.74) is 2.13. The normalized spacial score (nSPS) is 12.0. The lowest BCUT2D eigenvalue weighted by Gasteiger charge is -2.17. The van der Waals surface area contributed by atoms with Crippen molar-refractivity contribution in [1.29, 1.82) is 0 Å². The minimum atomic E-state index is -0.459. The molecule has 3 aromatic rings. The number of pyridine rings is 1. The fourth-order valence-electron chi connectivity index (χ4n) is 2.66. The zero-order valence-electron chi connectivity index (χ0n) is 14.6. The first-order valence-electron chi connectivity index (χ1n) is 7.95. The number of hydrogen-bond acceptors (Lipinski definition) is 6. The van der Waals surface area contributed by atoms with Crippen molar-refractivity contribution in [2.75, 3.05) is 12.4 Å². The molecule has 3 aromatic heterocycles. The first-order chi connectivity index (χ1) is 12.5. The SMILES string of the molecule is COC(=O)C[C@H](NC(=O)Nc1cnc2c(c1)c(C)nn2C)c1cccs1. The fourth-order valence-corrected chi connectivity index (χ4v) is 3.44. The molecule has 9 heteroatoms. The smallest absolute Gasteiger partial charge is 0.319 e. The minimum absolute atomic E-state index is 0.0590. The van der Waals surface area contributed by atoms with Gasteiger partial charge >= 0.3 is 12.0 Å². The number of aromatic nitrogens is 3. The number of carbonyl (C=O) groups excluding carboxylic acids is 2. The van der Waals surface area contributed by atoms with Crippen LogP contribution in [0.5, 0.6) is 0 Å². The van der Waals surface area contributed by atoms with Crippen LogP contribution < -0.4 is 10.6 Å². The lowest BCUT2D eigenvalue weighted by molar-refractivity contribution is -0.141. The highest BCUT2D eigenvalue weighted by atomic mass is 32.1. The van der Waals surface area contributed by atoms with Crippen LogP contribution in [0.3, 0.4) is 0 Å². The zero-order chi connectivity index (χ0) is 18.7. The molecule has 3 heterocycles. The highest BCUT2D eigenvalue weighted by Crippen LogP contribution is 2.23. The van der Waals surface area contributed by atoms with E-state index in [2.05, 4.69) is 20.7 Å². The number of carbonyl (C=O) groups is 2. The first-order valence-corrected chi connectivity index (χ1v) is 8.83. The molecule has 3 rings (SSSR count). The number of hydrogen-bond donors (Lipinski definition) is 2. The van der Waals surface area contributed by atoms with E-state index in [0.29, 0.717) is 5.69 Å². The van der Waals surface area contributed by atoms with Crippen LogP contribution in [0, 0.1) is 6.92 Å². The Morgan fingerprint density at radius 2 is 2.23 bits per heavy atom. The monoisotopic (exact) mass is 373 g/mol. The van der Waals surface area contributed by atoms with Gasteiger partial charge in [-0.2, -0.15) is 5.10 Å². The third-order valence-corrected chi connectivity index (χ3v) is 4.90. The number of rotatable bonds is 5. The van der Waals surface area contributed by atoms with Crippen molar-refractivity contribution in [3.8, 4) is 0 Å². The van der Waals surface area contributed by atoms with Crippen molar-refractivity contribution in [2.24, 2.45) is 7.05 Å². The maximum absolute atomic E-state index is 12.4. The number of nitrogens with one attached hydrogen (secondary N) is 2. The molecule has 0 aliphatic heterocycles. The van der Waals surface area contributed by atoms with E-state index in [4.69, 9.17) is 4.74 Å². The van der Waals surface area contributed by atoms with Crippen LogP contribution in [0.15, 0.2) is 29.8 Å². The minimum Gasteiger partial charge on any atom is -0.469 e. The number of aryl methyl sites for hydroxylation is 2. The second-order valence-electron chi connectivity index (χ2n) is 5.75. The Balaban J connectivity index is 1.74. The van der Waals surface area contributed by atoms with Crippen LogP contribution in [0.25, 0.3) is 11.0 Å². The molecule has 0 aromatic carbocycles. The van der Waals surface area contributed by atoms with Gasteiger partial charge in [-0.25, -0.2) is 9.78 Å². The van der Waals surface area contributed by atoms with Crippen LogP contribution >= 0.6 is 11.3 Å². The van der Waals surface area contributed by atoms with Gasteiger partial charge in [0.25, 0.3) is 0 Å². The summed E-state index contributed by atoms with van der Waals surface area (Å²) >= 11 is 1.46. The Morgan fingerprint density at radius 3 is 2.92 bits per heavy atom. The van der Waals surface area contributed by atoms with Crippen LogP contribution in [0.4, 0.5) is 10.5 Å². The van der Waals surface area contributed by atoms with Gasteiger partial charge in [-0.3, -0.25) is 9.48 Å². The second kappa shape index (κ2) is 7.52. The maximum Gasteiger partial charge on any atom is 0.319 e. The van der Waals surface area contributed by atoms with Gasteiger partial charge in [-0.15, -0.1) is 11.3 Å². The average Bonchev–Trinajstić information content (AvgIpc) is 3.23. The Labute approximate surface area is 154 Å². The van der Waals surface area contributed by atoms with Crippen LogP contribution in [-0.2, 0) is 16.6 Å². The molecule has 0 saturated carbocycles. The Bertz CT molecular complexity index is 935. The van der Waals surface area contributed by atoms with E-state index in [-0.39, 0.29) is 6.42 Å². The molecule has 8 nitrogen and oxygen atoms in total. The third kappa shape index (κ3) is 3.83. The molecule has 1 atom stereocenters. The number of urea groups is 1. The number of amides is 2. The highest BCUT2D eigenvalue weighted by Gasteiger charge is 2.20. The van der Waals surface area contributed by atoms with Crippen LogP contribution in [-0.4, -0.2) is 33.9 Å². The van der Waals surface area contributed by atoms with E-state index >= 15 is 0 Å². The van der Waals surface area contributed by atoms with Crippen molar-refractivity contribution >= 4 is 40.1 Å². The molecule has 0 radical (unpaired) electrons. The van der Waals surface area contributed by atoms with Crippen molar-refractivity contribution in [3.05, 3.63) is 40.3 Å². The maximum atomic E-state index is 12.4. The van der Waals surface area contributed by atoms with Crippen molar-refractivity contribution in [3.63, 3.8) is 0 Å². The van der Waals surface area contributed by atoms with E-state index in [1.165, 1.54) is 18.4 Å². The highest BCUT2D eigenvalue weighted by molar-refractivity contribution is 7.10. The molecule has 0 aliphatic rings. The zero-order valence-corrected chi connectivity index (χ0v) is 15.5. The predicted molar refractivity (Wildman–Crippen MR) is 99.1 cm³/mol. The summed E-state index contributed by atoms with van der Waals surface area (Å²) in [6.45, 7) is 1.89. The van der Waals surface area contributed by atoms with Gasteiger partial charge < -0.3 is 15.4 Å². The lowest BCUT2D eigenvalue weighted by Crippen LogP contribution is -2.33. The summed E-state index contributed by atoms with van der Waals surface area (Å²) in [5.74, 6) is -0.391. The Kier molecular flexibility index (Phi) is 5.17. The summed E-state index contributed by atoms with van der Waals surface area (Å²) in [7, 11) is 3.14. The van der Waals surface area contributed by atoms with Crippen LogP contribution in [0.2, 0.25) is 0 Å². The summed E-state index contributed by atoms with van der Waals surface area (Å²) in [6.07, 6.45) is 1.63. The lowest BCUT2D eigenvalue weighted by atomic mass is 10.2. The quantitative estimate of drug-likeness (QED) is 0.670. The molecule has 2 amide bonds. The Hall–Kier alpha value is -2.94. The number of nitrogens with zero attached hydrogens (tertiary/aromatic N) is 3. The van der Waals surface area contributed by atoms with Gasteiger partial charge in [0.2, 0.25) is 0 Å². The molecule has 0 aliphatic carbocycles. The largest absolute Gasteiger partial charge is 0.469 e. The first kappa shape index (κ1) is 17.9. The van der Waals surface area contributed by atoms with Crippen molar-refractivity contribution < 1.29 is 14.3 Å². The van der Waals surface area contributed by atoms with Gasteiger partial charge in [0.1, 0.15) is 0 Å². The summed E-state index contributed by atoms with van der Waals surface area (Å²) in [4.78, 5) is 29.2. The molecule has 0 spiro atoms. The van der Waals surface area contributed by atoms with Gasteiger partial charge in [-0.1, -0.05) is 6.07 Å². The third-order valence-electron chi connectivity index (χ3n) is 3.91. The van der Waals surface area contributed by atoms with E-state index < -0.39 is 18.0 Å². The fraction of sp³-hybridized carbons (Fsp3) is 0.294.